The minimum absolute atomic E-state index is 0.263. The Balaban J connectivity index is 1.48. The molecule has 0 spiro atoms. The molecule has 0 saturated heterocycles. The van der Waals surface area contributed by atoms with Crippen LogP contribution in [0.1, 0.15) is 41.0 Å². The van der Waals surface area contributed by atoms with Crippen molar-refractivity contribution in [3.63, 3.8) is 0 Å². The second-order valence-corrected chi connectivity index (χ2v) is 11.5. The fourth-order valence-corrected chi connectivity index (χ4v) is 7.70. The van der Waals surface area contributed by atoms with Crippen LogP contribution in [-0.2, 0) is 11.8 Å². The fourth-order valence-electron chi connectivity index (χ4n) is 6.14. The number of thiazole rings is 1. The molecule has 0 amide bonds. The molecular formula is C32H24BrNS. The van der Waals surface area contributed by atoms with E-state index in [1.54, 1.807) is 0 Å². The van der Waals surface area contributed by atoms with Crippen LogP contribution >= 0.6 is 27.3 Å². The molecule has 7 rings (SSSR count). The Morgan fingerprint density at radius 2 is 1.43 bits per heavy atom. The van der Waals surface area contributed by atoms with Crippen molar-refractivity contribution < 1.29 is 0 Å². The maximum atomic E-state index is 5.06. The van der Waals surface area contributed by atoms with E-state index >= 15 is 0 Å². The highest BCUT2D eigenvalue weighted by Gasteiger charge is 2.48. The maximum absolute atomic E-state index is 5.06. The number of aryl methyl sites for hydroxylation is 1. The number of hydrogen-bond donors (Lipinski definition) is 0. The quantitative estimate of drug-likeness (QED) is 0.255. The minimum atomic E-state index is -0.263. The van der Waals surface area contributed by atoms with Gasteiger partial charge in [-0.25, -0.2) is 4.98 Å². The lowest BCUT2D eigenvalue weighted by molar-refractivity contribution is 0.680. The summed E-state index contributed by atoms with van der Waals surface area (Å²) in [6.07, 6.45) is 11.5. The smallest absolute Gasteiger partial charge is 0.124 e. The molecule has 3 aliphatic carbocycles. The highest BCUT2D eigenvalue weighted by molar-refractivity contribution is 9.11. The third kappa shape index (κ3) is 3.22. The van der Waals surface area contributed by atoms with Gasteiger partial charge in [0.05, 0.1) is 16.0 Å². The number of aromatic nitrogens is 1. The molecule has 1 aromatic heterocycles. The molecule has 0 fully saturated rings. The van der Waals surface area contributed by atoms with Crippen molar-refractivity contribution in [3.05, 3.63) is 128 Å². The summed E-state index contributed by atoms with van der Waals surface area (Å²) < 4.78 is 1.29. The molecule has 3 heteroatoms. The van der Waals surface area contributed by atoms with E-state index in [1.165, 1.54) is 54.0 Å². The summed E-state index contributed by atoms with van der Waals surface area (Å²) in [5, 5.41) is 1.12. The predicted molar refractivity (Wildman–Crippen MR) is 151 cm³/mol. The Labute approximate surface area is 218 Å². The monoisotopic (exact) mass is 533 g/mol. The van der Waals surface area contributed by atoms with Gasteiger partial charge in [-0.2, -0.15) is 0 Å². The van der Waals surface area contributed by atoms with Gasteiger partial charge in [-0.1, -0.05) is 101 Å². The molecule has 4 aromatic rings. The third-order valence-electron chi connectivity index (χ3n) is 7.61. The van der Waals surface area contributed by atoms with Gasteiger partial charge in [0.15, 0.2) is 0 Å². The largest absolute Gasteiger partial charge is 0.240 e. The molecule has 1 nitrogen and oxygen atoms in total. The van der Waals surface area contributed by atoms with E-state index in [9.17, 15) is 0 Å². The summed E-state index contributed by atoms with van der Waals surface area (Å²) in [7, 11) is 0. The van der Waals surface area contributed by atoms with Crippen molar-refractivity contribution in [2.45, 2.75) is 31.1 Å². The van der Waals surface area contributed by atoms with Gasteiger partial charge in [0.25, 0.3) is 0 Å². The summed E-state index contributed by atoms with van der Waals surface area (Å²) in [5.74, 6) is 0. The zero-order valence-electron chi connectivity index (χ0n) is 19.3. The Kier molecular flexibility index (Phi) is 5.04. The third-order valence-corrected chi connectivity index (χ3v) is 9.33. The van der Waals surface area contributed by atoms with Crippen LogP contribution in [0.4, 0.5) is 0 Å². The molecule has 0 N–H and O–H groups in total. The molecular weight excluding hydrogens is 510 g/mol. The molecule has 0 radical (unpaired) electrons. The predicted octanol–water partition coefficient (Wildman–Crippen LogP) is 9.11. The molecule has 170 valence electrons. The van der Waals surface area contributed by atoms with E-state index < -0.39 is 0 Å². The first kappa shape index (κ1) is 21.3. The summed E-state index contributed by atoms with van der Waals surface area (Å²) in [6, 6.07) is 28.6. The number of nitrogens with zero attached hydrogens (tertiary/aromatic N) is 1. The standard InChI is InChI=1S/C32H24BrNS/c33-24-12-8-11-22(19-24)32(27-15-6-4-13-25(27)26-14-5-7-16-28(26)32)23-17-18-29-30(20-23)35-31(34-29)21-9-2-1-3-10-21/h1-7,9-11,13-16,19-20H,8,12,17-18H2. The molecule has 0 bridgehead atoms. The van der Waals surface area contributed by atoms with Gasteiger partial charge in [-0.05, 0) is 75.7 Å². The highest BCUT2D eigenvalue weighted by atomic mass is 79.9. The minimum Gasteiger partial charge on any atom is -0.240 e. The molecule has 0 unspecified atom stereocenters. The molecule has 1 heterocycles. The number of rotatable bonds is 3. The zero-order valence-corrected chi connectivity index (χ0v) is 21.7. The van der Waals surface area contributed by atoms with E-state index in [1.807, 2.05) is 11.3 Å². The molecule has 0 atom stereocenters. The average Bonchev–Trinajstić information content (AvgIpc) is 3.47. The first-order valence-electron chi connectivity index (χ1n) is 12.3. The van der Waals surface area contributed by atoms with Crippen LogP contribution in [0.2, 0.25) is 0 Å². The summed E-state index contributed by atoms with van der Waals surface area (Å²) in [6.45, 7) is 0. The SMILES string of the molecule is BrC1=CC(C2(C3=Cc4sc(-c5ccccc5)nc4CC3)c3ccccc3-c3ccccc32)=CCC1. The van der Waals surface area contributed by atoms with Crippen LogP contribution in [0.25, 0.3) is 27.8 Å². The normalized spacial score (nSPS) is 17.6. The van der Waals surface area contributed by atoms with Gasteiger partial charge in [0.1, 0.15) is 5.01 Å². The second kappa shape index (κ2) is 8.29. The van der Waals surface area contributed by atoms with Crippen LogP contribution < -0.4 is 0 Å². The number of halogens is 1. The van der Waals surface area contributed by atoms with Gasteiger partial charge in [0.2, 0.25) is 0 Å². The van der Waals surface area contributed by atoms with Gasteiger partial charge < -0.3 is 0 Å². The van der Waals surface area contributed by atoms with Crippen molar-refractivity contribution in [1.29, 1.82) is 0 Å². The van der Waals surface area contributed by atoms with Crippen LogP contribution in [-0.4, -0.2) is 4.98 Å². The van der Waals surface area contributed by atoms with Crippen LogP contribution in [0, 0.1) is 0 Å². The summed E-state index contributed by atoms with van der Waals surface area (Å²) in [4.78, 5) is 6.37. The van der Waals surface area contributed by atoms with Crippen LogP contribution in [0.3, 0.4) is 0 Å². The highest BCUT2D eigenvalue weighted by Crippen LogP contribution is 2.59. The van der Waals surface area contributed by atoms with E-state index in [2.05, 4.69) is 113 Å². The number of benzene rings is 3. The van der Waals surface area contributed by atoms with Gasteiger partial charge in [-0.15, -0.1) is 11.3 Å². The topological polar surface area (TPSA) is 12.9 Å². The second-order valence-electron chi connectivity index (χ2n) is 9.50. The Morgan fingerprint density at radius 3 is 2.14 bits per heavy atom. The Hall–Kier alpha value is -3.01. The van der Waals surface area contributed by atoms with Crippen molar-refractivity contribution in [2.24, 2.45) is 0 Å². The molecule has 0 saturated carbocycles. The average molecular weight is 535 g/mol. The Bertz CT molecular complexity index is 1510. The van der Waals surface area contributed by atoms with Gasteiger partial charge >= 0.3 is 0 Å². The van der Waals surface area contributed by atoms with E-state index in [0.29, 0.717) is 0 Å². The number of hydrogen-bond acceptors (Lipinski definition) is 2. The fraction of sp³-hybridized carbons (Fsp3) is 0.156. The lowest BCUT2D eigenvalue weighted by Gasteiger charge is -2.39. The van der Waals surface area contributed by atoms with Crippen LogP contribution in [0.15, 0.2) is 107 Å². The van der Waals surface area contributed by atoms with Gasteiger partial charge in [-0.3, -0.25) is 0 Å². The summed E-state index contributed by atoms with van der Waals surface area (Å²) >= 11 is 5.68. The van der Waals surface area contributed by atoms with E-state index in [4.69, 9.17) is 4.98 Å². The molecule has 3 aromatic carbocycles. The van der Waals surface area contributed by atoms with Crippen molar-refractivity contribution in [3.8, 4) is 21.7 Å². The molecule has 35 heavy (non-hydrogen) atoms. The van der Waals surface area contributed by atoms with Crippen molar-refractivity contribution in [2.75, 3.05) is 0 Å². The van der Waals surface area contributed by atoms with Crippen molar-refractivity contribution in [1.82, 2.24) is 4.98 Å². The summed E-state index contributed by atoms with van der Waals surface area (Å²) in [5.41, 5.74) is 10.6. The number of fused-ring (bicyclic) bond motifs is 4. The molecule has 0 aliphatic heterocycles. The van der Waals surface area contributed by atoms with Crippen LogP contribution in [0.5, 0.6) is 0 Å². The Morgan fingerprint density at radius 1 is 0.743 bits per heavy atom. The van der Waals surface area contributed by atoms with Gasteiger partial charge in [0, 0.05) is 5.56 Å². The van der Waals surface area contributed by atoms with E-state index in [-0.39, 0.29) is 5.41 Å². The number of allylic oxidation sites excluding steroid dienone is 5. The lowest BCUT2D eigenvalue weighted by Crippen LogP contribution is -2.32. The lowest BCUT2D eigenvalue weighted by atomic mass is 9.64. The van der Waals surface area contributed by atoms with E-state index in [0.717, 1.165) is 30.7 Å². The zero-order chi connectivity index (χ0) is 23.4. The maximum Gasteiger partial charge on any atom is 0.124 e. The first-order chi connectivity index (χ1) is 17.2. The molecule has 3 aliphatic rings. The van der Waals surface area contributed by atoms with Crippen molar-refractivity contribution >= 4 is 33.3 Å². The first-order valence-corrected chi connectivity index (χ1v) is 13.9.